The normalized spacial score (nSPS) is 22.4. The van der Waals surface area contributed by atoms with E-state index in [4.69, 9.17) is 0 Å². The van der Waals surface area contributed by atoms with Gasteiger partial charge in [-0.25, -0.2) is 0 Å². The van der Waals surface area contributed by atoms with Gasteiger partial charge in [-0.15, -0.1) is 11.3 Å². The number of nitrogens with zero attached hydrogens (tertiary/aromatic N) is 1. The molecule has 1 saturated heterocycles. The molecular weight excluding hydrogens is 282 g/mol. The van der Waals surface area contributed by atoms with Crippen molar-refractivity contribution in [2.24, 2.45) is 17.3 Å². The highest BCUT2D eigenvalue weighted by atomic mass is 32.1. The van der Waals surface area contributed by atoms with Crippen LogP contribution in [0.1, 0.15) is 51.5 Å². The summed E-state index contributed by atoms with van der Waals surface area (Å²) in [5.41, 5.74) is -0.643. The predicted molar refractivity (Wildman–Crippen MR) is 87.6 cm³/mol. The summed E-state index contributed by atoms with van der Waals surface area (Å²) in [4.78, 5) is 15.5. The van der Waals surface area contributed by atoms with Crippen molar-refractivity contribution < 1.29 is 9.90 Å². The van der Waals surface area contributed by atoms with Crippen LogP contribution in [0.2, 0.25) is 0 Å². The minimum Gasteiger partial charge on any atom is -0.481 e. The van der Waals surface area contributed by atoms with Crippen molar-refractivity contribution in [2.45, 2.75) is 46.6 Å². The topological polar surface area (TPSA) is 40.5 Å². The summed E-state index contributed by atoms with van der Waals surface area (Å²) in [6, 6.07) is 4.73. The van der Waals surface area contributed by atoms with Gasteiger partial charge in [-0.1, -0.05) is 19.9 Å². The zero-order chi connectivity index (χ0) is 15.6. The van der Waals surface area contributed by atoms with Gasteiger partial charge in [-0.05, 0) is 56.5 Å². The lowest BCUT2D eigenvalue weighted by Crippen LogP contribution is -2.46. The molecule has 0 aliphatic carbocycles. The van der Waals surface area contributed by atoms with Gasteiger partial charge in [0.1, 0.15) is 0 Å². The Hall–Kier alpha value is -0.870. The van der Waals surface area contributed by atoms with Crippen molar-refractivity contribution in [1.29, 1.82) is 0 Å². The molecule has 3 nitrogen and oxygen atoms in total. The Labute approximate surface area is 132 Å². The molecule has 0 spiro atoms. The van der Waals surface area contributed by atoms with E-state index in [-0.39, 0.29) is 5.92 Å². The van der Waals surface area contributed by atoms with Crippen LogP contribution in [0.25, 0.3) is 0 Å². The molecule has 1 aliphatic rings. The van der Waals surface area contributed by atoms with E-state index in [1.807, 2.05) is 25.2 Å². The zero-order valence-corrected chi connectivity index (χ0v) is 14.3. The molecule has 1 aromatic heterocycles. The number of piperidine rings is 1. The van der Waals surface area contributed by atoms with Gasteiger partial charge < -0.3 is 5.11 Å². The number of thiophene rings is 1. The fourth-order valence-corrected chi connectivity index (χ4v) is 4.44. The molecule has 2 atom stereocenters. The summed E-state index contributed by atoms with van der Waals surface area (Å²) in [5, 5.41) is 11.6. The molecule has 0 aromatic carbocycles. The maximum absolute atomic E-state index is 11.5. The maximum atomic E-state index is 11.5. The Kier molecular flexibility index (Phi) is 5.10. The molecule has 118 valence electrons. The number of carboxylic acid groups (broad SMARTS) is 1. The first-order valence-corrected chi connectivity index (χ1v) is 8.73. The van der Waals surface area contributed by atoms with Crippen molar-refractivity contribution >= 4 is 17.3 Å². The molecular formula is C17H27NO2S. The minimum absolute atomic E-state index is 0.227. The summed E-state index contributed by atoms with van der Waals surface area (Å²) < 4.78 is 0. The van der Waals surface area contributed by atoms with Crippen LogP contribution in [-0.2, 0) is 4.79 Å². The van der Waals surface area contributed by atoms with E-state index in [2.05, 4.69) is 36.3 Å². The van der Waals surface area contributed by atoms with E-state index in [0.29, 0.717) is 12.0 Å². The highest BCUT2D eigenvalue weighted by Gasteiger charge is 2.40. The van der Waals surface area contributed by atoms with Gasteiger partial charge in [0, 0.05) is 17.5 Å². The lowest BCUT2D eigenvalue weighted by Gasteiger charge is -2.43. The van der Waals surface area contributed by atoms with Crippen molar-refractivity contribution in [3.05, 3.63) is 22.4 Å². The molecule has 1 fully saturated rings. The van der Waals surface area contributed by atoms with Crippen LogP contribution in [0.15, 0.2) is 17.5 Å². The van der Waals surface area contributed by atoms with Crippen LogP contribution in [0.3, 0.4) is 0 Å². The largest absolute Gasteiger partial charge is 0.481 e. The maximum Gasteiger partial charge on any atom is 0.309 e. The number of aliphatic carboxylic acids is 1. The summed E-state index contributed by atoms with van der Waals surface area (Å²) in [5.74, 6) is 0.0897. The van der Waals surface area contributed by atoms with Crippen molar-refractivity contribution in [3.63, 3.8) is 0 Å². The smallest absolute Gasteiger partial charge is 0.309 e. The molecule has 1 N–H and O–H groups in total. The molecule has 0 amide bonds. The Balaban J connectivity index is 2.18. The van der Waals surface area contributed by atoms with Gasteiger partial charge in [-0.2, -0.15) is 0 Å². The Morgan fingerprint density at radius 1 is 1.48 bits per heavy atom. The predicted octanol–water partition coefficient (Wildman–Crippen LogP) is 4.27. The summed E-state index contributed by atoms with van der Waals surface area (Å²) in [7, 11) is 0. The van der Waals surface area contributed by atoms with Crippen LogP contribution < -0.4 is 0 Å². The van der Waals surface area contributed by atoms with E-state index in [1.54, 1.807) is 0 Å². The second-order valence-corrected chi connectivity index (χ2v) is 8.04. The first-order chi connectivity index (χ1) is 9.84. The van der Waals surface area contributed by atoms with Gasteiger partial charge >= 0.3 is 5.97 Å². The van der Waals surface area contributed by atoms with Gasteiger partial charge in [0.15, 0.2) is 0 Å². The average Bonchev–Trinajstić information content (AvgIpc) is 2.92. The van der Waals surface area contributed by atoms with Crippen LogP contribution in [0.5, 0.6) is 0 Å². The van der Waals surface area contributed by atoms with E-state index in [1.165, 1.54) is 4.88 Å². The monoisotopic (exact) mass is 309 g/mol. The third kappa shape index (κ3) is 3.49. The van der Waals surface area contributed by atoms with E-state index in [9.17, 15) is 9.90 Å². The highest BCUT2D eigenvalue weighted by molar-refractivity contribution is 7.10. The molecule has 0 saturated carbocycles. The summed E-state index contributed by atoms with van der Waals surface area (Å²) in [6.07, 6.45) is 2.11. The molecule has 4 heteroatoms. The number of carbonyl (C=O) groups is 1. The standard InChI is InChI=1S/C17H27NO2S/c1-12(2)15(14-8-6-10-21-14)18-9-5-7-13(11-18)17(3,4)16(19)20/h6,8,10,12-13,15H,5,7,9,11H2,1-4H3,(H,19,20). The van der Waals surface area contributed by atoms with Gasteiger partial charge in [0.05, 0.1) is 5.41 Å². The van der Waals surface area contributed by atoms with Gasteiger partial charge in [0.25, 0.3) is 0 Å². The van der Waals surface area contributed by atoms with Crippen molar-refractivity contribution in [1.82, 2.24) is 4.90 Å². The highest BCUT2D eigenvalue weighted by Crippen LogP contribution is 2.39. The molecule has 2 rings (SSSR count). The Morgan fingerprint density at radius 2 is 2.19 bits per heavy atom. The second kappa shape index (κ2) is 6.49. The SMILES string of the molecule is CC(C)C(c1cccs1)N1CCCC(C(C)(C)C(=O)O)C1. The van der Waals surface area contributed by atoms with Gasteiger partial charge in [-0.3, -0.25) is 9.69 Å². The minimum atomic E-state index is -0.674. The third-order valence-corrected chi connectivity index (χ3v) is 5.83. The van der Waals surface area contributed by atoms with E-state index < -0.39 is 11.4 Å². The Morgan fingerprint density at radius 3 is 2.71 bits per heavy atom. The van der Waals surface area contributed by atoms with E-state index in [0.717, 1.165) is 25.9 Å². The summed E-state index contributed by atoms with van der Waals surface area (Å²) >= 11 is 1.81. The first-order valence-electron chi connectivity index (χ1n) is 7.85. The van der Waals surface area contributed by atoms with Crippen LogP contribution >= 0.6 is 11.3 Å². The molecule has 0 radical (unpaired) electrons. The lowest BCUT2D eigenvalue weighted by atomic mass is 9.74. The number of rotatable bonds is 5. The zero-order valence-electron chi connectivity index (χ0n) is 13.5. The fourth-order valence-electron chi connectivity index (χ4n) is 3.41. The first kappa shape index (κ1) is 16.5. The Bertz CT molecular complexity index is 467. The molecule has 1 aromatic rings. The van der Waals surface area contributed by atoms with Crippen LogP contribution in [0.4, 0.5) is 0 Å². The molecule has 2 heterocycles. The van der Waals surface area contributed by atoms with E-state index >= 15 is 0 Å². The molecule has 21 heavy (non-hydrogen) atoms. The summed E-state index contributed by atoms with van der Waals surface area (Å²) in [6.45, 7) is 10.2. The quantitative estimate of drug-likeness (QED) is 0.883. The van der Waals surface area contributed by atoms with Crippen LogP contribution in [-0.4, -0.2) is 29.1 Å². The molecule has 2 unspecified atom stereocenters. The number of hydrogen-bond donors (Lipinski definition) is 1. The van der Waals surface area contributed by atoms with Gasteiger partial charge in [0.2, 0.25) is 0 Å². The lowest BCUT2D eigenvalue weighted by molar-refractivity contribution is -0.151. The van der Waals surface area contributed by atoms with Crippen molar-refractivity contribution in [2.75, 3.05) is 13.1 Å². The number of hydrogen-bond acceptors (Lipinski definition) is 3. The van der Waals surface area contributed by atoms with Crippen LogP contribution in [0, 0.1) is 17.3 Å². The fraction of sp³-hybridized carbons (Fsp3) is 0.706. The second-order valence-electron chi connectivity index (χ2n) is 7.07. The third-order valence-electron chi connectivity index (χ3n) is 4.88. The number of likely N-dealkylation sites (tertiary alicyclic amines) is 1. The average molecular weight is 309 g/mol. The molecule has 1 aliphatic heterocycles. The molecule has 0 bridgehead atoms. The number of carboxylic acids is 1. The van der Waals surface area contributed by atoms with Crippen molar-refractivity contribution in [3.8, 4) is 0 Å².